The van der Waals surface area contributed by atoms with Gasteiger partial charge >= 0.3 is 5.97 Å². The SMILES string of the molecule is CCCN1CCN(CCCc2ccccc2)C(=O)C1CC(=O)O. The summed E-state index contributed by atoms with van der Waals surface area (Å²) in [6.07, 6.45) is 2.67. The minimum Gasteiger partial charge on any atom is -0.481 e. The Morgan fingerprint density at radius 2 is 1.96 bits per heavy atom. The predicted octanol–water partition coefficient (Wildman–Crippen LogP) is 2.02. The van der Waals surface area contributed by atoms with Gasteiger partial charge in [0.1, 0.15) is 0 Å². The minimum atomic E-state index is -0.907. The van der Waals surface area contributed by atoms with Gasteiger partial charge in [-0.2, -0.15) is 0 Å². The molecule has 1 aromatic carbocycles. The quantitative estimate of drug-likeness (QED) is 0.796. The average molecular weight is 318 g/mol. The zero-order valence-corrected chi connectivity index (χ0v) is 13.8. The summed E-state index contributed by atoms with van der Waals surface area (Å²) in [6, 6.07) is 9.72. The van der Waals surface area contributed by atoms with E-state index in [1.165, 1.54) is 5.56 Å². The Hall–Kier alpha value is -1.88. The Morgan fingerprint density at radius 1 is 1.22 bits per heavy atom. The van der Waals surface area contributed by atoms with Crippen LogP contribution in [0.3, 0.4) is 0 Å². The maximum Gasteiger partial charge on any atom is 0.305 e. The van der Waals surface area contributed by atoms with Crippen LogP contribution in [0.2, 0.25) is 0 Å². The molecule has 1 saturated heterocycles. The fourth-order valence-corrected chi connectivity index (χ4v) is 3.16. The summed E-state index contributed by atoms with van der Waals surface area (Å²) >= 11 is 0. The second kappa shape index (κ2) is 8.67. The van der Waals surface area contributed by atoms with Gasteiger partial charge in [0.05, 0.1) is 12.5 Å². The van der Waals surface area contributed by atoms with Crippen molar-refractivity contribution < 1.29 is 14.7 Å². The molecule has 126 valence electrons. The number of benzene rings is 1. The number of hydrogen-bond donors (Lipinski definition) is 1. The molecule has 1 atom stereocenters. The highest BCUT2D eigenvalue weighted by molar-refractivity contribution is 5.86. The molecule has 0 radical (unpaired) electrons. The van der Waals surface area contributed by atoms with E-state index in [4.69, 9.17) is 5.11 Å². The number of carbonyl (C=O) groups is 2. The monoisotopic (exact) mass is 318 g/mol. The lowest BCUT2D eigenvalue weighted by molar-refractivity contribution is -0.149. The van der Waals surface area contributed by atoms with Crippen LogP contribution in [0.1, 0.15) is 31.7 Å². The van der Waals surface area contributed by atoms with E-state index in [-0.39, 0.29) is 12.3 Å². The first-order valence-electron chi connectivity index (χ1n) is 8.40. The van der Waals surface area contributed by atoms with Gasteiger partial charge in [-0.05, 0) is 31.4 Å². The number of amides is 1. The molecular formula is C18H26N2O3. The van der Waals surface area contributed by atoms with Crippen molar-refractivity contribution in [1.29, 1.82) is 0 Å². The first-order valence-corrected chi connectivity index (χ1v) is 8.40. The van der Waals surface area contributed by atoms with Crippen LogP contribution >= 0.6 is 0 Å². The fraction of sp³-hybridized carbons (Fsp3) is 0.556. The van der Waals surface area contributed by atoms with Gasteiger partial charge in [0.25, 0.3) is 0 Å². The molecule has 5 nitrogen and oxygen atoms in total. The summed E-state index contributed by atoms with van der Waals surface area (Å²) in [6.45, 7) is 4.99. The predicted molar refractivity (Wildman–Crippen MR) is 89.2 cm³/mol. The van der Waals surface area contributed by atoms with Gasteiger partial charge in [0, 0.05) is 19.6 Å². The van der Waals surface area contributed by atoms with Crippen molar-refractivity contribution in [1.82, 2.24) is 9.80 Å². The number of nitrogens with zero attached hydrogens (tertiary/aromatic N) is 2. The van der Waals surface area contributed by atoms with Crippen LogP contribution in [-0.4, -0.2) is 59.0 Å². The van der Waals surface area contributed by atoms with E-state index >= 15 is 0 Å². The van der Waals surface area contributed by atoms with Crippen molar-refractivity contribution in [3.63, 3.8) is 0 Å². The van der Waals surface area contributed by atoms with Crippen LogP contribution < -0.4 is 0 Å². The Labute approximate surface area is 137 Å². The molecule has 1 fully saturated rings. The molecule has 1 aromatic rings. The van der Waals surface area contributed by atoms with Gasteiger partial charge in [-0.25, -0.2) is 0 Å². The molecule has 1 heterocycles. The molecule has 0 spiro atoms. The smallest absolute Gasteiger partial charge is 0.305 e. The van der Waals surface area contributed by atoms with Crippen LogP contribution in [0, 0.1) is 0 Å². The van der Waals surface area contributed by atoms with Gasteiger partial charge in [-0.1, -0.05) is 37.3 Å². The van der Waals surface area contributed by atoms with E-state index in [0.29, 0.717) is 13.1 Å². The average Bonchev–Trinajstić information content (AvgIpc) is 2.54. The van der Waals surface area contributed by atoms with E-state index < -0.39 is 12.0 Å². The summed E-state index contributed by atoms with van der Waals surface area (Å²) in [4.78, 5) is 27.5. The van der Waals surface area contributed by atoms with E-state index in [1.54, 1.807) is 0 Å². The van der Waals surface area contributed by atoms with Crippen molar-refractivity contribution in [3.05, 3.63) is 35.9 Å². The summed E-state index contributed by atoms with van der Waals surface area (Å²) in [5.74, 6) is -0.934. The van der Waals surface area contributed by atoms with Gasteiger partial charge in [-0.3, -0.25) is 14.5 Å². The first-order chi connectivity index (χ1) is 11.1. The Kier molecular flexibility index (Phi) is 6.59. The lowest BCUT2D eigenvalue weighted by Crippen LogP contribution is -2.57. The maximum absolute atomic E-state index is 12.6. The van der Waals surface area contributed by atoms with Gasteiger partial charge in [-0.15, -0.1) is 0 Å². The van der Waals surface area contributed by atoms with Crippen LogP contribution in [0.25, 0.3) is 0 Å². The molecule has 1 amide bonds. The third kappa shape index (κ3) is 5.06. The van der Waals surface area contributed by atoms with E-state index in [2.05, 4.69) is 19.1 Å². The van der Waals surface area contributed by atoms with Crippen LogP contribution in [0.4, 0.5) is 0 Å². The fourth-order valence-electron chi connectivity index (χ4n) is 3.16. The van der Waals surface area contributed by atoms with Crippen molar-refractivity contribution >= 4 is 11.9 Å². The Bertz CT molecular complexity index is 518. The third-order valence-electron chi connectivity index (χ3n) is 4.31. The number of rotatable bonds is 8. The lowest BCUT2D eigenvalue weighted by Gasteiger charge is -2.40. The standard InChI is InChI=1S/C18H26N2O3/c1-2-10-19-12-13-20(18(23)16(19)14-17(21)22)11-6-9-15-7-4-3-5-8-15/h3-5,7-8,16H,2,6,9-14H2,1H3,(H,21,22). The van der Waals surface area contributed by atoms with E-state index in [1.807, 2.05) is 28.0 Å². The van der Waals surface area contributed by atoms with Gasteiger partial charge < -0.3 is 10.0 Å². The molecule has 2 rings (SSSR count). The minimum absolute atomic E-state index is 0.0276. The van der Waals surface area contributed by atoms with Crippen molar-refractivity contribution in [2.75, 3.05) is 26.2 Å². The van der Waals surface area contributed by atoms with E-state index in [9.17, 15) is 9.59 Å². The molecule has 0 saturated carbocycles. The largest absolute Gasteiger partial charge is 0.481 e. The first kappa shape index (κ1) is 17.5. The summed E-state index contributed by atoms with van der Waals surface area (Å²) in [7, 11) is 0. The lowest BCUT2D eigenvalue weighted by atomic mass is 10.1. The molecular weight excluding hydrogens is 292 g/mol. The Balaban J connectivity index is 1.89. The van der Waals surface area contributed by atoms with Crippen LogP contribution in [-0.2, 0) is 16.0 Å². The molecule has 1 unspecified atom stereocenters. The molecule has 23 heavy (non-hydrogen) atoms. The maximum atomic E-state index is 12.6. The number of aliphatic carboxylic acids is 1. The number of hydrogen-bond acceptors (Lipinski definition) is 3. The van der Waals surface area contributed by atoms with E-state index in [0.717, 1.165) is 32.4 Å². The second-order valence-electron chi connectivity index (χ2n) is 6.06. The molecule has 1 aliphatic rings. The van der Waals surface area contributed by atoms with Crippen molar-refractivity contribution in [3.8, 4) is 0 Å². The molecule has 1 N–H and O–H groups in total. The zero-order valence-electron chi connectivity index (χ0n) is 13.8. The highest BCUT2D eigenvalue weighted by atomic mass is 16.4. The van der Waals surface area contributed by atoms with Crippen LogP contribution in [0.15, 0.2) is 30.3 Å². The molecule has 1 aliphatic heterocycles. The number of aryl methyl sites for hydroxylation is 1. The topological polar surface area (TPSA) is 60.9 Å². The second-order valence-corrected chi connectivity index (χ2v) is 6.06. The number of carboxylic acids is 1. The summed E-state index contributed by atoms with van der Waals surface area (Å²) < 4.78 is 0. The molecule has 0 aromatic heterocycles. The molecule has 0 bridgehead atoms. The number of piperazine rings is 1. The molecule has 0 aliphatic carbocycles. The Morgan fingerprint density at radius 3 is 2.61 bits per heavy atom. The zero-order chi connectivity index (χ0) is 16.7. The number of carbonyl (C=O) groups excluding carboxylic acids is 1. The highest BCUT2D eigenvalue weighted by Crippen LogP contribution is 2.16. The summed E-state index contributed by atoms with van der Waals surface area (Å²) in [5, 5.41) is 9.08. The highest BCUT2D eigenvalue weighted by Gasteiger charge is 2.35. The summed E-state index contributed by atoms with van der Waals surface area (Å²) in [5.41, 5.74) is 1.27. The third-order valence-corrected chi connectivity index (χ3v) is 4.31. The van der Waals surface area contributed by atoms with Gasteiger partial charge in [0.2, 0.25) is 5.91 Å². The van der Waals surface area contributed by atoms with Crippen molar-refractivity contribution in [2.24, 2.45) is 0 Å². The normalized spacial score (nSPS) is 19.1. The number of carboxylic acid groups (broad SMARTS) is 1. The van der Waals surface area contributed by atoms with Crippen LogP contribution in [0.5, 0.6) is 0 Å². The molecule has 5 heteroatoms. The van der Waals surface area contributed by atoms with Crippen molar-refractivity contribution in [2.45, 2.75) is 38.6 Å². The van der Waals surface area contributed by atoms with Gasteiger partial charge in [0.15, 0.2) is 0 Å².